The van der Waals surface area contributed by atoms with Crippen molar-refractivity contribution >= 4 is 0 Å². The molecule has 0 aromatic rings. The van der Waals surface area contributed by atoms with Crippen LogP contribution in [0.4, 0.5) is 17.6 Å². The predicted molar refractivity (Wildman–Crippen MR) is 33.2 cm³/mol. The van der Waals surface area contributed by atoms with Gasteiger partial charge in [-0.3, -0.25) is 0 Å². The largest absolute Gasteiger partial charge is 0.391 e. The molecule has 0 bridgehead atoms. The SMILES string of the molecule is OCC(F)OCCCC(F)(F)F. The molecule has 0 amide bonds. The fourth-order valence-corrected chi connectivity index (χ4v) is 0.537. The van der Waals surface area contributed by atoms with E-state index in [2.05, 4.69) is 4.74 Å². The molecule has 0 aliphatic heterocycles. The monoisotopic (exact) mass is 190 g/mol. The van der Waals surface area contributed by atoms with E-state index in [-0.39, 0.29) is 13.0 Å². The Hall–Kier alpha value is -0.360. The molecule has 1 unspecified atom stereocenters. The van der Waals surface area contributed by atoms with E-state index >= 15 is 0 Å². The fraction of sp³-hybridized carbons (Fsp3) is 1.00. The van der Waals surface area contributed by atoms with Crippen LogP contribution >= 0.6 is 0 Å². The number of hydrogen-bond donors (Lipinski definition) is 1. The summed E-state index contributed by atoms with van der Waals surface area (Å²) in [6.45, 7) is -1.16. The molecule has 6 heteroatoms. The summed E-state index contributed by atoms with van der Waals surface area (Å²) in [6, 6.07) is 0. The first-order chi connectivity index (χ1) is 5.45. The Labute approximate surface area is 67.1 Å². The summed E-state index contributed by atoms with van der Waals surface area (Å²) in [5, 5.41) is 8.07. The third kappa shape index (κ3) is 7.74. The van der Waals surface area contributed by atoms with Gasteiger partial charge in [0.2, 0.25) is 6.36 Å². The van der Waals surface area contributed by atoms with Crippen LogP contribution in [-0.4, -0.2) is 30.9 Å². The molecule has 0 fully saturated rings. The summed E-state index contributed by atoms with van der Waals surface area (Å²) in [6.07, 6.45) is -7.39. The van der Waals surface area contributed by atoms with Crippen molar-refractivity contribution in [3.8, 4) is 0 Å². The van der Waals surface area contributed by atoms with E-state index in [9.17, 15) is 17.6 Å². The summed E-state index contributed by atoms with van der Waals surface area (Å²) in [5.41, 5.74) is 0. The molecule has 0 saturated heterocycles. The van der Waals surface area contributed by atoms with Gasteiger partial charge in [-0.25, -0.2) is 4.39 Å². The van der Waals surface area contributed by atoms with Crippen LogP contribution in [0.3, 0.4) is 0 Å². The number of rotatable bonds is 5. The molecule has 2 nitrogen and oxygen atoms in total. The van der Waals surface area contributed by atoms with Crippen LogP contribution in [0.25, 0.3) is 0 Å². The second-order valence-corrected chi connectivity index (χ2v) is 2.18. The van der Waals surface area contributed by atoms with Gasteiger partial charge in [0.1, 0.15) is 0 Å². The van der Waals surface area contributed by atoms with E-state index in [1.165, 1.54) is 0 Å². The second kappa shape index (κ2) is 5.31. The highest BCUT2D eigenvalue weighted by atomic mass is 19.4. The first-order valence-corrected chi connectivity index (χ1v) is 3.39. The van der Waals surface area contributed by atoms with Crippen LogP contribution in [0, 0.1) is 0 Å². The number of ether oxygens (including phenoxy) is 1. The third-order valence-corrected chi connectivity index (χ3v) is 1.05. The van der Waals surface area contributed by atoms with Gasteiger partial charge in [0.15, 0.2) is 0 Å². The smallest absolute Gasteiger partial charge is 0.389 e. The van der Waals surface area contributed by atoms with E-state index in [0.29, 0.717) is 0 Å². The molecule has 0 heterocycles. The number of hydrogen-bond acceptors (Lipinski definition) is 2. The van der Waals surface area contributed by atoms with Gasteiger partial charge < -0.3 is 9.84 Å². The first kappa shape index (κ1) is 11.6. The van der Waals surface area contributed by atoms with Crippen molar-refractivity contribution in [2.75, 3.05) is 13.2 Å². The van der Waals surface area contributed by atoms with Crippen molar-refractivity contribution < 1.29 is 27.4 Å². The molecule has 0 aromatic carbocycles. The van der Waals surface area contributed by atoms with Gasteiger partial charge in [0.25, 0.3) is 0 Å². The normalized spacial score (nSPS) is 14.8. The van der Waals surface area contributed by atoms with Gasteiger partial charge in [-0.2, -0.15) is 13.2 Å². The quantitative estimate of drug-likeness (QED) is 0.527. The lowest BCUT2D eigenvalue weighted by Gasteiger charge is -2.08. The molecule has 0 saturated carbocycles. The molecular formula is C6H10F4O2. The van der Waals surface area contributed by atoms with E-state index in [0.717, 1.165) is 0 Å². The number of halogens is 4. The lowest BCUT2D eigenvalue weighted by molar-refractivity contribution is -0.142. The minimum Gasteiger partial charge on any atom is -0.391 e. The second-order valence-electron chi connectivity index (χ2n) is 2.18. The molecule has 0 aliphatic rings. The molecule has 12 heavy (non-hydrogen) atoms. The summed E-state index contributed by atoms with van der Waals surface area (Å²) in [4.78, 5) is 0. The van der Waals surface area contributed by atoms with E-state index in [1.54, 1.807) is 0 Å². The highest BCUT2D eigenvalue weighted by Crippen LogP contribution is 2.21. The zero-order valence-corrected chi connectivity index (χ0v) is 6.27. The van der Waals surface area contributed by atoms with Gasteiger partial charge in [0.05, 0.1) is 13.2 Å². The van der Waals surface area contributed by atoms with Crippen LogP contribution in [0.2, 0.25) is 0 Å². The molecule has 74 valence electrons. The highest BCUT2D eigenvalue weighted by Gasteiger charge is 2.26. The lowest BCUT2D eigenvalue weighted by Crippen LogP contribution is -2.14. The zero-order chi connectivity index (χ0) is 9.61. The molecule has 1 atom stereocenters. The lowest BCUT2D eigenvalue weighted by atomic mass is 10.3. The number of aliphatic hydroxyl groups is 1. The van der Waals surface area contributed by atoms with Crippen LogP contribution in [-0.2, 0) is 4.74 Å². The molecule has 0 aromatic heterocycles. The van der Waals surface area contributed by atoms with E-state index in [1.807, 2.05) is 0 Å². The summed E-state index contributed by atoms with van der Waals surface area (Å²) in [7, 11) is 0. The standard InChI is InChI=1S/C6H10F4O2/c7-5(4-11)12-3-1-2-6(8,9)10/h5,11H,1-4H2. The topological polar surface area (TPSA) is 29.5 Å². The Kier molecular flexibility index (Phi) is 5.16. The number of alkyl halides is 4. The molecule has 0 rings (SSSR count). The Bertz CT molecular complexity index is 115. The maximum absolute atomic E-state index is 12.0. The third-order valence-electron chi connectivity index (χ3n) is 1.05. The van der Waals surface area contributed by atoms with Crippen LogP contribution in [0.5, 0.6) is 0 Å². The van der Waals surface area contributed by atoms with E-state index < -0.39 is 25.6 Å². The van der Waals surface area contributed by atoms with Gasteiger partial charge >= 0.3 is 6.18 Å². The predicted octanol–water partition coefficient (Wildman–Crippen LogP) is 1.63. The molecular weight excluding hydrogens is 180 g/mol. The first-order valence-electron chi connectivity index (χ1n) is 3.39. The zero-order valence-electron chi connectivity index (χ0n) is 6.27. The minimum atomic E-state index is -4.23. The minimum absolute atomic E-state index is 0.288. The van der Waals surface area contributed by atoms with Crippen molar-refractivity contribution in [1.82, 2.24) is 0 Å². The summed E-state index contributed by atoms with van der Waals surface area (Å²) < 4.78 is 50.6. The van der Waals surface area contributed by atoms with Crippen molar-refractivity contribution in [3.63, 3.8) is 0 Å². The van der Waals surface area contributed by atoms with Crippen LogP contribution < -0.4 is 0 Å². The van der Waals surface area contributed by atoms with Gasteiger partial charge in [-0.05, 0) is 6.42 Å². The highest BCUT2D eigenvalue weighted by molar-refractivity contribution is 4.49. The molecule has 1 N–H and O–H groups in total. The van der Waals surface area contributed by atoms with Gasteiger partial charge in [-0.15, -0.1) is 0 Å². The van der Waals surface area contributed by atoms with Crippen molar-refractivity contribution in [2.45, 2.75) is 25.4 Å². The van der Waals surface area contributed by atoms with E-state index in [4.69, 9.17) is 5.11 Å². The maximum atomic E-state index is 12.0. The van der Waals surface area contributed by atoms with Crippen LogP contribution in [0.15, 0.2) is 0 Å². The van der Waals surface area contributed by atoms with Crippen molar-refractivity contribution in [2.24, 2.45) is 0 Å². The number of aliphatic hydroxyl groups excluding tert-OH is 1. The summed E-state index contributed by atoms with van der Waals surface area (Å²) >= 11 is 0. The molecule has 0 aliphatic carbocycles. The summed E-state index contributed by atoms with van der Waals surface area (Å²) in [5.74, 6) is 0. The molecule has 0 spiro atoms. The fourth-order valence-electron chi connectivity index (χ4n) is 0.537. The van der Waals surface area contributed by atoms with Crippen molar-refractivity contribution in [1.29, 1.82) is 0 Å². The Balaban J connectivity index is 3.22. The Morgan fingerprint density at radius 3 is 2.33 bits per heavy atom. The Morgan fingerprint density at radius 1 is 1.33 bits per heavy atom. The van der Waals surface area contributed by atoms with Gasteiger partial charge in [-0.1, -0.05) is 0 Å². The van der Waals surface area contributed by atoms with Gasteiger partial charge in [0, 0.05) is 6.42 Å². The van der Waals surface area contributed by atoms with Crippen molar-refractivity contribution in [3.05, 3.63) is 0 Å². The van der Waals surface area contributed by atoms with Crippen LogP contribution in [0.1, 0.15) is 12.8 Å². The molecule has 0 radical (unpaired) electrons. The average Bonchev–Trinajstić information content (AvgIpc) is 1.96. The average molecular weight is 190 g/mol. The Morgan fingerprint density at radius 2 is 1.92 bits per heavy atom. The maximum Gasteiger partial charge on any atom is 0.389 e.